The number of halogens is 3. The number of amidine groups is 1. The van der Waals surface area contributed by atoms with Crippen LogP contribution >= 0.6 is 11.8 Å². The number of carbonyl (C=O) groups excluding carboxylic acids is 2. The molecule has 7 nitrogen and oxygen atoms in total. The van der Waals surface area contributed by atoms with Gasteiger partial charge in [-0.2, -0.15) is 13.2 Å². The molecule has 1 heterocycles. The number of thioether (sulfide) groups is 1. The molecular weight excluding hydrogens is 435 g/mol. The Morgan fingerprint density at radius 1 is 1.19 bits per heavy atom. The molecule has 0 saturated carbocycles. The first-order valence-corrected chi connectivity index (χ1v) is 9.76. The van der Waals surface area contributed by atoms with Crippen LogP contribution in [0.1, 0.15) is 22.3 Å². The number of benzene rings is 2. The van der Waals surface area contributed by atoms with Gasteiger partial charge in [0.05, 0.1) is 16.8 Å². The second-order valence-electron chi connectivity index (χ2n) is 6.58. The zero-order valence-electron chi connectivity index (χ0n) is 16.0. The molecule has 0 spiro atoms. The van der Waals surface area contributed by atoms with Crippen LogP contribution in [0.2, 0.25) is 0 Å². The Bertz CT molecular complexity index is 1050. The van der Waals surface area contributed by atoms with Gasteiger partial charge in [0.2, 0.25) is 11.8 Å². The van der Waals surface area contributed by atoms with E-state index < -0.39 is 34.8 Å². The summed E-state index contributed by atoms with van der Waals surface area (Å²) in [5.74, 6) is -2.03. The number of alkyl halides is 3. The summed E-state index contributed by atoms with van der Waals surface area (Å²) in [4.78, 5) is 41.1. The molecule has 31 heavy (non-hydrogen) atoms. The van der Waals surface area contributed by atoms with E-state index in [0.29, 0.717) is 5.69 Å². The lowest BCUT2D eigenvalue weighted by atomic mass is 10.2. The average molecular weight is 451 g/mol. The normalized spacial score (nSPS) is 18.2. The van der Waals surface area contributed by atoms with E-state index >= 15 is 0 Å². The Morgan fingerprint density at radius 3 is 2.48 bits per heavy atom. The lowest BCUT2D eigenvalue weighted by molar-refractivity contribution is -0.137. The molecule has 2 aromatic rings. The number of amides is 2. The molecule has 1 atom stereocenters. The maximum atomic E-state index is 12.9. The van der Waals surface area contributed by atoms with Gasteiger partial charge in [0.25, 0.3) is 0 Å². The molecule has 1 aliphatic rings. The van der Waals surface area contributed by atoms with Crippen LogP contribution in [0.25, 0.3) is 0 Å². The number of carboxylic acids is 1. The van der Waals surface area contributed by atoms with Crippen molar-refractivity contribution >= 4 is 46.1 Å². The zero-order valence-corrected chi connectivity index (χ0v) is 16.8. The Morgan fingerprint density at radius 2 is 1.87 bits per heavy atom. The van der Waals surface area contributed by atoms with Crippen LogP contribution in [0.15, 0.2) is 53.5 Å². The van der Waals surface area contributed by atoms with Gasteiger partial charge in [-0.05, 0) is 42.5 Å². The first-order chi connectivity index (χ1) is 14.5. The van der Waals surface area contributed by atoms with E-state index in [-0.39, 0.29) is 22.8 Å². The van der Waals surface area contributed by atoms with Crippen molar-refractivity contribution in [2.75, 3.05) is 12.4 Å². The minimum absolute atomic E-state index is 0.00212. The number of carbonyl (C=O) groups is 3. The SMILES string of the molecule is CN1C(=O)C[C@@H](C(=O)Nc2ccc(C(=O)O)cc2)SC1=Nc1cccc(C(F)(F)F)c1. The monoisotopic (exact) mass is 451 g/mol. The summed E-state index contributed by atoms with van der Waals surface area (Å²) in [6, 6.07) is 9.84. The van der Waals surface area contributed by atoms with Crippen LogP contribution < -0.4 is 5.32 Å². The second-order valence-corrected chi connectivity index (χ2v) is 7.75. The van der Waals surface area contributed by atoms with Crippen molar-refractivity contribution in [3.8, 4) is 0 Å². The number of rotatable bonds is 4. The quantitative estimate of drug-likeness (QED) is 0.732. The van der Waals surface area contributed by atoms with E-state index in [2.05, 4.69) is 10.3 Å². The van der Waals surface area contributed by atoms with E-state index in [9.17, 15) is 27.6 Å². The lowest BCUT2D eigenvalue weighted by Crippen LogP contribution is -2.43. The van der Waals surface area contributed by atoms with Crippen LogP contribution in [0.4, 0.5) is 24.5 Å². The van der Waals surface area contributed by atoms with Gasteiger partial charge < -0.3 is 10.4 Å². The third-order valence-electron chi connectivity index (χ3n) is 4.36. The van der Waals surface area contributed by atoms with Crippen molar-refractivity contribution in [1.82, 2.24) is 4.90 Å². The predicted molar refractivity (Wildman–Crippen MR) is 109 cm³/mol. The molecule has 1 saturated heterocycles. The van der Waals surface area contributed by atoms with Crippen molar-refractivity contribution in [1.29, 1.82) is 0 Å². The predicted octanol–water partition coefficient (Wildman–Crippen LogP) is 3.99. The fraction of sp³-hybridized carbons (Fsp3) is 0.200. The van der Waals surface area contributed by atoms with Crippen molar-refractivity contribution in [3.63, 3.8) is 0 Å². The number of carboxylic acid groups (broad SMARTS) is 1. The standard InChI is InChI=1S/C20H16F3N3O4S/c1-26-16(27)10-15(17(28)24-13-7-5-11(6-8-13)18(29)30)31-19(26)25-14-4-2-3-12(9-14)20(21,22)23/h2-9,15H,10H2,1H3,(H,24,28)(H,29,30)/t15-/m0/s1. The maximum Gasteiger partial charge on any atom is 0.416 e. The molecule has 1 fully saturated rings. The summed E-state index contributed by atoms with van der Waals surface area (Å²) in [5.41, 5.74) is -0.471. The smallest absolute Gasteiger partial charge is 0.416 e. The van der Waals surface area contributed by atoms with Gasteiger partial charge in [0, 0.05) is 19.2 Å². The summed E-state index contributed by atoms with van der Waals surface area (Å²) < 4.78 is 38.8. The van der Waals surface area contributed by atoms with Crippen molar-refractivity contribution in [2.24, 2.45) is 4.99 Å². The molecular formula is C20H16F3N3O4S. The van der Waals surface area contributed by atoms with Gasteiger partial charge in [0.1, 0.15) is 5.25 Å². The van der Waals surface area contributed by atoms with Gasteiger partial charge >= 0.3 is 12.1 Å². The summed E-state index contributed by atoms with van der Waals surface area (Å²) in [6.07, 6.45) is -4.65. The molecule has 0 aliphatic carbocycles. The molecule has 11 heteroatoms. The van der Waals surface area contributed by atoms with E-state index in [1.807, 2.05) is 0 Å². The molecule has 0 unspecified atom stereocenters. The summed E-state index contributed by atoms with van der Waals surface area (Å²) in [6.45, 7) is 0. The van der Waals surface area contributed by atoms with Gasteiger partial charge in [-0.25, -0.2) is 9.79 Å². The molecule has 162 valence electrons. The Balaban J connectivity index is 1.78. The number of aromatic carboxylic acids is 1. The average Bonchev–Trinajstić information content (AvgIpc) is 2.71. The molecule has 3 rings (SSSR count). The molecule has 0 radical (unpaired) electrons. The summed E-state index contributed by atoms with van der Waals surface area (Å²) in [5, 5.41) is 10.8. The fourth-order valence-corrected chi connectivity index (χ4v) is 3.74. The van der Waals surface area contributed by atoms with Crippen LogP contribution in [0.5, 0.6) is 0 Å². The van der Waals surface area contributed by atoms with Gasteiger partial charge in [-0.15, -0.1) is 0 Å². The number of aliphatic imine (C=N–C) groups is 1. The number of hydrogen-bond donors (Lipinski definition) is 2. The van der Waals surface area contributed by atoms with Crippen LogP contribution in [-0.4, -0.2) is 45.3 Å². The first kappa shape index (κ1) is 22.3. The lowest BCUT2D eigenvalue weighted by Gasteiger charge is -2.28. The third-order valence-corrected chi connectivity index (χ3v) is 5.60. The molecule has 1 aliphatic heterocycles. The number of nitrogens with zero attached hydrogens (tertiary/aromatic N) is 2. The van der Waals surface area contributed by atoms with E-state index in [0.717, 1.165) is 23.9 Å². The minimum Gasteiger partial charge on any atom is -0.478 e. The van der Waals surface area contributed by atoms with E-state index in [4.69, 9.17) is 5.11 Å². The largest absolute Gasteiger partial charge is 0.478 e. The van der Waals surface area contributed by atoms with Gasteiger partial charge in [0.15, 0.2) is 5.17 Å². The summed E-state index contributed by atoms with van der Waals surface area (Å²) in [7, 11) is 1.43. The molecule has 2 aromatic carbocycles. The van der Waals surface area contributed by atoms with Gasteiger partial charge in [-0.1, -0.05) is 17.8 Å². The first-order valence-electron chi connectivity index (χ1n) is 8.88. The highest BCUT2D eigenvalue weighted by Gasteiger charge is 2.34. The van der Waals surface area contributed by atoms with Crippen LogP contribution in [-0.2, 0) is 15.8 Å². The molecule has 0 bridgehead atoms. The molecule has 0 aromatic heterocycles. The number of nitrogens with one attached hydrogen (secondary N) is 1. The number of hydrogen-bond acceptors (Lipinski definition) is 5. The van der Waals surface area contributed by atoms with Crippen molar-refractivity contribution < 1.29 is 32.7 Å². The van der Waals surface area contributed by atoms with E-state index in [1.165, 1.54) is 48.3 Å². The Labute approximate surface area is 179 Å². The highest BCUT2D eigenvalue weighted by molar-refractivity contribution is 8.15. The molecule has 2 N–H and O–H groups in total. The maximum absolute atomic E-state index is 12.9. The number of anilines is 1. The van der Waals surface area contributed by atoms with Crippen LogP contribution in [0.3, 0.4) is 0 Å². The Hall–Kier alpha value is -3.34. The van der Waals surface area contributed by atoms with Crippen molar-refractivity contribution in [3.05, 3.63) is 59.7 Å². The highest BCUT2D eigenvalue weighted by Crippen LogP contribution is 2.33. The summed E-state index contributed by atoms with van der Waals surface area (Å²) >= 11 is 0.955. The third kappa shape index (κ3) is 5.43. The molecule has 2 amide bonds. The van der Waals surface area contributed by atoms with Crippen molar-refractivity contribution in [2.45, 2.75) is 17.8 Å². The topological polar surface area (TPSA) is 99.1 Å². The van der Waals surface area contributed by atoms with Crippen LogP contribution in [0, 0.1) is 0 Å². The van der Waals surface area contributed by atoms with Gasteiger partial charge in [-0.3, -0.25) is 14.5 Å². The Kier molecular flexibility index (Phi) is 6.34. The van der Waals surface area contributed by atoms with E-state index in [1.54, 1.807) is 0 Å². The second kappa shape index (κ2) is 8.80. The highest BCUT2D eigenvalue weighted by atomic mass is 32.2. The minimum atomic E-state index is -4.53. The fourth-order valence-electron chi connectivity index (χ4n) is 2.68. The zero-order chi connectivity index (χ0) is 22.8.